The third-order valence-electron chi connectivity index (χ3n) is 6.44. The summed E-state index contributed by atoms with van der Waals surface area (Å²) in [5.74, 6) is -2.19. The van der Waals surface area contributed by atoms with E-state index in [0.717, 1.165) is 12.1 Å². The molecule has 1 heterocycles. The van der Waals surface area contributed by atoms with Crippen LogP contribution in [0.5, 0.6) is 0 Å². The molecule has 1 aliphatic heterocycles. The van der Waals surface area contributed by atoms with Crippen LogP contribution < -0.4 is 0 Å². The maximum absolute atomic E-state index is 14.7. The van der Waals surface area contributed by atoms with Gasteiger partial charge in [0.1, 0.15) is 15.6 Å². The second kappa shape index (κ2) is 8.62. The summed E-state index contributed by atoms with van der Waals surface area (Å²) in [6, 6.07) is 6.16. The van der Waals surface area contributed by atoms with Gasteiger partial charge in [0.2, 0.25) is 0 Å². The van der Waals surface area contributed by atoms with Crippen LogP contribution in [0.3, 0.4) is 0 Å². The van der Waals surface area contributed by atoms with E-state index < -0.39 is 40.1 Å². The van der Waals surface area contributed by atoms with E-state index in [4.69, 9.17) is 27.9 Å². The Labute approximate surface area is 207 Å². The Hall–Kier alpha value is -1.94. The molecule has 3 atom stereocenters. The van der Waals surface area contributed by atoms with Gasteiger partial charge in [-0.25, -0.2) is 4.79 Å². The van der Waals surface area contributed by atoms with Gasteiger partial charge in [0.25, 0.3) is 0 Å². The van der Waals surface area contributed by atoms with E-state index >= 15 is 0 Å². The lowest BCUT2D eigenvalue weighted by molar-refractivity contribution is -0.173. The van der Waals surface area contributed by atoms with Crippen molar-refractivity contribution in [2.45, 2.75) is 47.5 Å². The zero-order valence-electron chi connectivity index (χ0n) is 17.7. The van der Waals surface area contributed by atoms with Crippen LogP contribution >= 0.6 is 35.0 Å². The molecule has 2 N–H and O–H groups in total. The topological polar surface area (TPSA) is 83.8 Å². The fraction of sp³-hybridized carbons (Fsp3) is 0.391. The number of carboxylic acid groups (broad SMARTS) is 1. The van der Waals surface area contributed by atoms with Gasteiger partial charge in [-0.2, -0.15) is 13.2 Å². The fourth-order valence-corrected chi connectivity index (χ4v) is 7.13. The van der Waals surface area contributed by atoms with E-state index in [1.807, 2.05) is 0 Å². The number of rotatable bonds is 4. The zero-order valence-corrected chi connectivity index (χ0v) is 20.0. The molecule has 0 bridgehead atoms. The number of thioether (sulfide) groups is 1. The number of esters is 1. The maximum atomic E-state index is 14.7. The quantitative estimate of drug-likeness (QED) is 0.503. The van der Waals surface area contributed by atoms with E-state index in [2.05, 4.69) is 0 Å². The molecular formula is C23H19Cl2F3O5S. The van der Waals surface area contributed by atoms with Gasteiger partial charge < -0.3 is 14.9 Å². The van der Waals surface area contributed by atoms with Crippen molar-refractivity contribution in [3.05, 3.63) is 68.2 Å². The van der Waals surface area contributed by atoms with Crippen LogP contribution in [0.15, 0.2) is 30.3 Å². The van der Waals surface area contributed by atoms with Gasteiger partial charge in [0, 0.05) is 16.5 Å². The Balaban J connectivity index is 1.94. The number of hydrogen-bond acceptors (Lipinski definition) is 5. The molecular weight excluding hydrogens is 516 g/mol. The van der Waals surface area contributed by atoms with Crippen molar-refractivity contribution in [2.75, 3.05) is 7.11 Å². The summed E-state index contributed by atoms with van der Waals surface area (Å²) in [7, 11) is 1.22. The lowest BCUT2D eigenvalue weighted by atomic mass is 9.76. The number of fused-ring (bicyclic) bond motifs is 1. The Kier molecular flexibility index (Phi) is 6.38. The van der Waals surface area contributed by atoms with Crippen LogP contribution in [0.1, 0.15) is 45.5 Å². The number of aliphatic hydroxyl groups is 1. The number of carbonyl (C=O) groups is 2. The van der Waals surface area contributed by atoms with Gasteiger partial charge in [0.15, 0.2) is 0 Å². The molecule has 5 nitrogen and oxygen atoms in total. The summed E-state index contributed by atoms with van der Waals surface area (Å²) in [4.78, 5) is 24.4. The number of methoxy groups -OCH3 is 1. The summed E-state index contributed by atoms with van der Waals surface area (Å²) in [5, 5.41) is 19.7. The summed E-state index contributed by atoms with van der Waals surface area (Å²) in [5.41, 5.74) is -1.35. The number of carbonyl (C=O) groups excluding carboxylic acids is 1. The number of alkyl halides is 3. The predicted octanol–water partition coefficient (Wildman–Crippen LogP) is 5.50. The molecule has 0 radical (unpaired) electrons. The minimum absolute atomic E-state index is 0.0441. The largest absolute Gasteiger partial charge is 0.480 e. The molecule has 4 rings (SSSR count). The van der Waals surface area contributed by atoms with Crippen molar-refractivity contribution in [1.29, 1.82) is 0 Å². The summed E-state index contributed by atoms with van der Waals surface area (Å²) in [6.07, 6.45) is -4.46. The monoisotopic (exact) mass is 534 g/mol. The lowest BCUT2D eigenvalue weighted by Crippen LogP contribution is -2.42. The summed E-state index contributed by atoms with van der Waals surface area (Å²) in [6.45, 7) is 0. The van der Waals surface area contributed by atoms with E-state index in [0.29, 0.717) is 30.4 Å². The highest BCUT2D eigenvalue weighted by atomic mass is 35.5. The van der Waals surface area contributed by atoms with Crippen LogP contribution in [0.4, 0.5) is 13.2 Å². The number of ether oxygens (including phenoxy) is 1. The van der Waals surface area contributed by atoms with Crippen molar-refractivity contribution in [3.63, 3.8) is 0 Å². The van der Waals surface area contributed by atoms with Crippen molar-refractivity contribution in [2.24, 2.45) is 0 Å². The first-order chi connectivity index (χ1) is 15.8. The van der Waals surface area contributed by atoms with E-state index in [-0.39, 0.29) is 38.5 Å². The average molecular weight is 535 g/mol. The summed E-state index contributed by atoms with van der Waals surface area (Å²) < 4.78 is 46.0. The first-order valence-corrected chi connectivity index (χ1v) is 11.9. The molecule has 0 aromatic heterocycles. The van der Waals surface area contributed by atoms with Crippen LogP contribution in [-0.4, -0.2) is 40.7 Å². The normalized spacial score (nSPS) is 26.4. The number of aliphatic carboxylic acids is 1. The minimum Gasteiger partial charge on any atom is -0.480 e. The van der Waals surface area contributed by atoms with E-state index in [1.54, 1.807) is 0 Å². The molecule has 0 saturated carbocycles. The van der Waals surface area contributed by atoms with Crippen molar-refractivity contribution < 1.29 is 37.7 Å². The van der Waals surface area contributed by atoms with Gasteiger partial charge in [-0.05, 0) is 65.8 Å². The molecule has 1 saturated heterocycles. The van der Waals surface area contributed by atoms with Gasteiger partial charge in [0.05, 0.1) is 12.7 Å². The highest BCUT2D eigenvalue weighted by Crippen LogP contribution is 2.65. The fourth-order valence-electron chi connectivity index (χ4n) is 5.00. The predicted molar refractivity (Wildman–Crippen MR) is 122 cm³/mol. The molecule has 2 aromatic carbocycles. The molecule has 0 amide bonds. The minimum atomic E-state index is -4.95. The van der Waals surface area contributed by atoms with Crippen LogP contribution in [0, 0.1) is 0 Å². The number of hydrogen-bond donors (Lipinski definition) is 2. The van der Waals surface area contributed by atoms with Crippen LogP contribution in [0.2, 0.25) is 10.0 Å². The molecule has 3 unspecified atom stereocenters. The molecule has 0 spiro atoms. The van der Waals surface area contributed by atoms with Gasteiger partial charge in [-0.3, -0.25) is 4.79 Å². The zero-order chi connectivity index (χ0) is 25.1. The highest BCUT2D eigenvalue weighted by molar-refractivity contribution is 8.02. The van der Waals surface area contributed by atoms with Gasteiger partial charge in [-0.15, -0.1) is 11.8 Å². The SMILES string of the molecule is COC(=O)c1ccc(C2(O)CC(c3cc(Cl)cc(Cl)c3)(C(F)(F)F)SC2C(=O)O)c2c1CCC2. The first-order valence-electron chi connectivity index (χ1n) is 10.2. The molecule has 11 heteroatoms. The molecule has 1 fully saturated rings. The Morgan fingerprint density at radius 2 is 1.74 bits per heavy atom. The van der Waals surface area contributed by atoms with Crippen molar-refractivity contribution >= 4 is 46.9 Å². The average Bonchev–Trinajstić information content (AvgIpc) is 3.35. The second-order valence-corrected chi connectivity index (χ2v) is 10.7. The smallest absolute Gasteiger partial charge is 0.407 e. The molecule has 34 heavy (non-hydrogen) atoms. The lowest BCUT2D eigenvalue weighted by Gasteiger charge is -2.34. The molecule has 182 valence electrons. The van der Waals surface area contributed by atoms with Crippen LogP contribution in [-0.2, 0) is 32.7 Å². The Morgan fingerprint density at radius 3 is 2.29 bits per heavy atom. The highest BCUT2D eigenvalue weighted by Gasteiger charge is 2.69. The summed E-state index contributed by atoms with van der Waals surface area (Å²) >= 11 is 12.1. The number of benzene rings is 2. The van der Waals surface area contributed by atoms with Gasteiger partial charge >= 0.3 is 18.1 Å². The van der Waals surface area contributed by atoms with Crippen molar-refractivity contribution in [1.82, 2.24) is 0 Å². The van der Waals surface area contributed by atoms with E-state index in [9.17, 15) is 33.0 Å². The van der Waals surface area contributed by atoms with Crippen molar-refractivity contribution in [3.8, 4) is 0 Å². The molecule has 2 aromatic rings. The standard InChI is InChI=1S/C23H19Cl2F3O5S/c1-33-20(31)16-5-6-17(15-4-2-3-14(15)16)21(32)10-22(23(26,27)28,34-18(21)19(29)30)11-7-12(24)9-13(25)8-11/h5-9,18,32H,2-4,10H2,1H3,(H,29,30). The Bertz CT molecular complexity index is 1170. The second-order valence-electron chi connectivity index (χ2n) is 8.38. The van der Waals surface area contributed by atoms with E-state index in [1.165, 1.54) is 25.3 Å². The molecule has 2 aliphatic rings. The van der Waals surface area contributed by atoms with Gasteiger partial charge in [-0.1, -0.05) is 29.3 Å². The Morgan fingerprint density at radius 1 is 1.12 bits per heavy atom. The number of carboxylic acids is 1. The van der Waals surface area contributed by atoms with Crippen LogP contribution in [0.25, 0.3) is 0 Å². The third kappa shape index (κ3) is 3.86. The first kappa shape index (κ1) is 25.2. The number of halogens is 5. The third-order valence-corrected chi connectivity index (χ3v) is 8.72. The maximum Gasteiger partial charge on any atom is 0.407 e. The molecule has 1 aliphatic carbocycles.